The zero-order valence-electron chi connectivity index (χ0n) is 15.9. The molecule has 1 atom stereocenters. The van der Waals surface area contributed by atoms with Crippen molar-refractivity contribution >= 4 is 5.91 Å². The molecule has 1 N–H and O–H groups in total. The predicted molar refractivity (Wildman–Crippen MR) is 106 cm³/mol. The molecule has 6 nitrogen and oxygen atoms in total. The number of hydrogen-bond acceptors (Lipinski definition) is 4. The van der Waals surface area contributed by atoms with Gasteiger partial charge in [0.2, 0.25) is 5.43 Å². The monoisotopic (exact) mass is 393 g/mol. The normalized spacial score (nSPS) is 15.0. The second-order valence-electron chi connectivity index (χ2n) is 6.77. The van der Waals surface area contributed by atoms with Crippen LogP contribution in [-0.2, 0) is 6.42 Å². The molecule has 0 radical (unpaired) electrons. The van der Waals surface area contributed by atoms with E-state index < -0.39 is 11.3 Å². The number of ether oxygens (including phenoxy) is 1. The van der Waals surface area contributed by atoms with Crippen molar-refractivity contribution in [3.8, 4) is 11.4 Å². The van der Waals surface area contributed by atoms with E-state index >= 15 is 0 Å². The van der Waals surface area contributed by atoms with Crippen molar-refractivity contribution in [3.63, 3.8) is 0 Å². The molecular weight excluding hydrogens is 373 g/mol. The van der Waals surface area contributed by atoms with E-state index in [-0.39, 0.29) is 17.6 Å². The summed E-state index contributed by atoms with van der Waals surface area (Å²) in [6.07, 6.45) is 2.97. The molecule has 7 heteroatoms. The Kier molecular flexibility index (Phi) is 5.12. The number of carbonyl (C=O) groups excluding carboxylic acids is 1. The first-order valence-electron chi connectivity index (χ1n) is 9.48. The maximum absolute atomic E-state index is 13.1. The Morgan fingerprint density at radius 2 is 2.03 bits per heavy atom. The zero-order valence-corrected chi connectivity index (χ0v) is 15.9. The quantitative estimate of drug-likeness (QED) is 0.723. The van der Waals surface area contributed by atoms with E-state index in [9.17, 15) is 14.0 Å². The molecule has 2 aromatic carbocycles. The van der Waals surface area contributed by atoms with Crippen molar-refractivity contribution in [2.75, 3.05) is 6.61 Å². The second-order valence-corrected chi connectivity index (χ2v) is 6.77. The van der Waals surface area contributed by atoms with Crippen LogP contribution >= 0.6 is 0 Å². The number of aromatic nitrogens is 2. The Hall–Kier alpha value is -3.48. The van der Waals surface area contributed by atoms with Crippen LogP contribution in [0.4, 0.5) is 4.39 Å². The zero-order chi connectivity index (χ0) is 20.4. The lowest BCUT2D eigenvalue weighted by Crippen LogP contribution is -2.33. The molecule has 0 fully saturated rings. The number of benzene rings is 2. The van der Waals surface area contributed by atoms with Gasteiger partial charge in [-0.3, -0.25) is 9.59 Å². The third-order valence-electron chi connectivity index (χ3n) is 4.95. The number of rotatable bonds is 5. The summed E-state index contributed by atoms with van der Waals surface area (Å²) in [5.41, 5.74) is 1.96. The summed E-state index contributed by atoms with van der Waals surface area (Å²) in [6.45, 7) is 2.51. The number of halogens is 1. The van der Waals surface area contributed by atoms with E-state index in [1.807, 2.05) is 25.1 Å². The molecule has 1 aromatic heterocycles. The minimum atomic E-state index is -0.536. The fourth-order valence-electron chi connectivity index (χ4n) is 3.59. The van der Waals surface area contributed by atoms with Gasteiger partial charge in [0.15, 0.2) is 5.69 Å². The van der Waals surface area contributed by atoms with Crippen LogP contribution in [0.1, 0.15) is 41.0 Å². The van der Waals surface area contributed by atoms with Crippen LogP contribution in [0.5, 0.6) is 5.75 Å². The molecule has 0 bridgehead atoms. The maximum atomic E-state index is 13.1. The molecule has 1 aliphatic rings. The number of fused-ring (bicyclic) bond motifs is 1. The highest BCUT2D eigenvalue weighted by molar-refractivity contribution is 5.92. The fraction of sp³-hybridized carbons (Fsp3) is 0.227. The van der Waals surface area contributed by atoms with Crippen molar-refractivity contribution in [2.24, 2.45) is 0 Å². The third-order valence-corrected chi connectivity index (χ3v) is 4.95. The van der Waals surface area contributed by atoms with Gasteiger partial charge in [-0.25, -0.2) is 9.07 Å². The van der Waals surface area contributed by atoms with Gasteiger partial charge in [0.1, 0.15) is 11.6 Å². The van der Waals surface area contributed by atoms with Crippen LogP contribution in [0.25, 0.3) is 5.69 Å². The van der Waals surface area contributed by atoms with E-state index in [0.717, 1.165) is 29.7 Å². The van der Waals surface area contributed by atoms with Crippen LogP contribution in [0.15, 0.2) is 59.5 Å². The van der Waals surface area contributed by atoms with E-state index in [1.165, 1.54) is 41.2 Å². The number of amides is 1. The van der Waals surface area contributed by atoms with Crippen molar-refractivity contribution in [2.45, 2.75) is 25.8 Å². The summed E-state index contributed by atoms with van der Waals surface area (Å²) in [5.74, 6) is -0.0801. The lowest BCUT2D eigenvalue weighted by atomic mass is 10.1. The SMILES string of the molecule is CCOc1cccc2c1CCC2NC(=O)c1nn(-c2ccc(F)cc2)ccc1=O. The summed E-state index contributed by atoms with van der Waals surface area (Å²) < 4.78 is 20.2. The van der Waals surface area contributed by atoms with Crippen molar-refractivity contribution < 1.29 is 13.9 Å². The van der Waals surface area contributed by atoms with Crippen molar-refractivity contribution in [1.29, 1.82) is 0 Å². The lowest BCUT2D eigenvalue weighted by molar-refractivity contribution is 0.0928. The largest absolute Gasteiger partial charge is 0.494 e. The molecule has 4 rings (SSSR count). The van der Waals surface area contributed by atoms with Gasteiger partial charge in [0.05, 0.1) is 18.3 Å². The highest BCUT2D eigenvalue weighted by atomic mass is 19.1. The van der Waals surface area contributed by atoms with E-state index in [2.05, 4.69) is 10.4 Å². The van der Waals surface area contributed by atoms with Crippen molar-refractivity contribution in [3.05, 3.63) is 87.6 Å². The molecular formula is C22H20FN3O3. The van der Waals surface area contributed by atoms with E-state index in [1.54, 1.807) is 0 Å². The van der Waals surface area contributed by atoms with Crippen LogP contribution in [0.3, 0.4) is 0 Å². The summed E-state index contributed by atoms with van der Waals surface area (Å²) in [6, 6.07) is 12.5. The van der Waals surface area contributed by atoms with Crippen LogP contribution in [-0.4, -0.2) is 22.3 Å². The fourth-order valence-corrected chi connectivity index (χ4v) is 3.59. The number of nitrogens with one attached hydrogen (secondary N) is 1. The van der Waals surface area contributed by atoms with Crippen LogP contribution < -0.4 is 15.5 Å². The molecule has 0 saturated carbocycles. The average molecular weight is 393 g/mol. The highest BCUT2D eigenvalue weighted by Gasteiger charge is 2.28. The first-order chi connectivity index (χ1) is 14.1. The summed E-state index contributed by atoms with van der Waals surface area (Å²) in [4.78, 5) is 25.0. The highest BCUT2D eigenvalue weighted by Crippen LogP contribution is 2.37. The number of carbonyl (C=O) groups is 1. The standard InChI is InChI=1S/C22H20FN3O3/c1-2-29-20-5-3-4-16-17(20)10-11-18(16)24-22(28)21-19(27)12-13-26(25-21)15-8-6-14(23)7-9-15/h3-9,12-13,18H,2,10-11H2,1H3,(H,24,28). The molecule has 1 amide bonds. The molecule has 1 aliphatic carbocycles. The van der Waals surface area contributed by atoms with Gasteiger partial charge in [-0.1, -0.05) is 12.1 Å². The first-order valence-corrected chi connectivity index (χ1v) is 9.48. The lowest BCUT2D eigenvalue weighted by Gasteiger charge is -2.15. The number of nitrogens with zero attached hydrogens (tertiary/aromatic N) is 2. The van der Waals surface area contributed by atoms with Gasteiger partial charge in [0, 0.05) is 12.3 Å². The molecule has 0 saturated heterocycles. The minimum Gasteiger partial charge on any atom is -0.494 e. The van der Waals surface area contributed by atoms with Gasteiger partial charge >= 0.3 is 0 Å². The average Bonchev–Trinajstić information content (AvgIpc) is 3.13. The van der Waals surface area contributed by atoms with Crippen LogP contribution in [0, 0.1) is 5.82 Å². The Morgan fingerprint density at radius 3 is 2.79 bits per heavy atom. The summed E-state index contributed by atoms with van der Waals surface area (Å²) in [5, 5.41) is 7.08. The molecule has 1 unspecified atom stereocenters. The molecule has 148 valence electrons. The Labute approximate surface area is 166 Å². The van der Waals surface area contributed by atoms with Crippen molar-refractivity contribution in [1.82, 2.24) is 15.1 Å². The molecule has 29 heavy (non-hydrogen) atoms. The molecule has 0 aliphatic heterocycles. The molecule has 3 aromatic rings. The van der Waals surface area contributed by atoms with E-state index in [4.69, 9.17) is 4.74 Å². The Bertz CT molecular complexity index is 1110. The Balaban J connectivity index is 1.59. The van der Waals surface area contributed by atoms with E-state index in [0.29, 0.717) is 12.3 Å². The summed E-state index contributed by atoms with van der Waals surface area (Å²) in [7, 11) is 0. The molecule has 0 spiro atoms. The molecule has 1 heterocycles. The maximum Gasteiger partial charge on any atom is 0.276 e. The topological polar surface area (TPSA) is 73.2 Å². The van der Waals surface area contributed by atoms with Gasteiger partial charge in [-0.2, -0.15) is 5.10 Å². The Morgan fingerprint density at radius 1 is 1.24 bits per heavy atom. The first kappa shape index (κ1) is 18.9. The minimum absolute atomic E-state index is 0.203. The van der Waals surface area contributed by atoms with Gasteiger partial charge < -0.3 is 10.1 Å². The predicted octanol–water partition coefficient (Wildman–Crippen LogP) is 3.19. The third kappa shape index (κ3) is 3.76. The summed E-state index contributed by atoms with van der Waals surface area (Å²) >= 11 is 0. The second kappa shape index (κ2) is 7.87. The van der Waals surface area contributed by atoms with Crippen LogP contribution in [0.2, 0.25) is 0 Å². The van der Waals surface area contributed by atoms with Gasteiger partial charge in [-0.15, -0.1) is 0 Å². The van der Waals surface area contributed by atoms with Gasteiger partial charge in [0.25, 0.3) is 5.91 Å². The number of hydrogen-bond donors (Lipinski definition) is 1. The smallest absolute Gasteiger partial charge is 0.276 e. The van der Waals surface area contributed by atoms with Gasteiger partial charge in [-0.05, 0) is 61.2 Å².